The van der Waals surface area contributed by atoms with Crippen LogP contribution in [0.5, 0.6) is 0 Å². The second-order valence-electron chi connectivity index (χ2n) is 4.85. The predicted octanol–water partition coefficient (Wildman–Crippen LogP) is 2.29. The molecule has 1 unspecified atom stereocenters. The minimum absolute atomic E-state index is 0.295. The first-order valence-corrected chi connectivity index (χ1v) is 5.25. The molecule has 1 heterocycles. The molecule has 1 aliphatic rings. The van der Waals surface area contributed by atoms with Gasteiger partial charge in [0.05, 0.1) is 0 Å². The molecule has 1 fully saturated rings. The smallest absolute Gasteiger partial charge is 0.222 e. The van der Waals surface area contributed by atoms with Gasteiger partial charge in [0, 0.05) is 19.5 Å². The molecule has 2 heteroatoms. The van der Waals surface area contributed by atoms with Crippen LogP contribution in [0, 0.1) is 11.3 Å². The van der Waals surface area contributed by atoms with Crippen molar-refractivity contribution in [2.24, 2.45) is 11.3 Å². The number of carbonyl (C=O) groups excluding carboxylic acids is 1. The van der Waals surface area contributed by atoms with Crippen LogP contribution in [0.25, 0.3) is 0 Å². The number of hydrogen-bond acceptors (Lipinski definition) is 1. The molecule has 2 nitrogen and oxygen atoms in total. The summed E-state index contributed by atoms with van der Waals surface area (Å²) in [6, 6.07) is 0. The molecule has 13 heavy (non-hydrogen) atoms. The Morgan fingerprint density at radius 2 is 2.15 bits per heavy atom. The Balaban J connectivity index is 2.60. The standard InChI is InChI=1S/C11H21NO/c1-5-10(13)12-7-6-9(2)11(3,4)8-12/h9H,5-8H2,1-4H3. The fraction of sp³-hybridized carbons (Fsp3) is 0.909. The summed E-state index contributed by atoms with van der Waals surface area (Å²) < 4.78 is 0. The van der Waals surface area contributed by atoms with Crippen LogP contribution in [-0.2, 0) is 4.79 Å². The summed E-state index contributed by atoms with van der Waals surface area (Å²) in [5.74, 6) is 1.04. The molecular weight excluding hydrogens is 162 g/mol. The molecule has 0 N–H and O–H groups in total. The highest BCUT2D eigenvalue weighted by Gasteiger charge is 2.34. The van der Waals surface area contributed by atoms with Gasteiger partial charge in [-0.05, 0) is 17.8 Å². The lowest BCUT2D eigenvalue weighted by Crippen LogP contribution is -2.47. The lowest BCUT2D eigenvalue weighted by molar-refractivity contribution is -0.135. The van der Waals surface area contributed by atoms with E-state index in [0.717, 1.165) is 25.4 Å². The van der Waals surface area contributed by atoms with E-state index in [1.165, 1.54) is 0 Å². The molecule has 0 aromatic rings. The van der Waals surface area contributed by atoms with E-state index in [9.17, 15) is 4.79 Å². The van der Waals surface area contributed by atoms with Crippen molar-refractivity contribution in [2.45, 2.75) is 40.5 Å². The largest absolute Gasteiger partial charge is 0.342 e. The van der Waals surface area contributed by atoms with E-state index >= 15 is 0 Å². The molecule has 1 saturated heterocycles. The lowest BCUT2D eigenvalue weighted by atomic mass is 9.75. The van der Waals surface area contributed by atoms with E-state index in [1.54, 1.807) is 0 Å². The van der Waals surface area contributed by atoms with Crippen molar-refractivity contribution in [1.82, 2.24) is 4.90 Å². The van der Waals surface area contributed by atoms with Crippen LogP contribution in [0.15, 0.2) is 0 Å². The van der Waals surface area contributed by atoms with Crippen molar-refractivity contribution in [2.75, 3.05) is 13.1 Å². The van der Waals surface area contributed by atoms with E-state index in [4.69, 9.17) is 0 Å². The molecule has 76 valence electrons. The van der Waals surface area contributed by atoms with Gasteiger partial charge in [-0.15, -0.1) is 0 Å². The first kappa shape index (κ1) is 10.6. The van der Waals surface area contributed by atoms with Gasteiger partial charge < -0.3 is 4.90 Å². The Hall–Kier alpha value is -0.530. The summed E-state index contributed by atoms with van der Waals surface area (Å²) in [4.78, 5) is 13.5. The van der Waals surface area contributed by atoms with Gasteiger partial charge in [0.2, 0.25) is 5.91 Å². The minimum Gasteiger partial charge on any atom is -0.342 e. The molecule has 1 rings (SSSR count). The first-order valence-electron chi connectivity index (χ1n) is 5.25. The molecule has 0 aromatic heterocycles. The number of rotatable bonds is 1. The summed E-state index contributed by atoms with van der Waals surface area (Å²) in [6.45, 7) is 10.6. The van der Waals surface area contributed by atoms with Crippen LogP contribution in [0.4, 0.5) is 0 Å². The molecule has 0 radical (unpaired) electrons. The van der Waals surface area contributed by atoms with E-state index in [1.807, 2.05) is 11.8 Å². The highest BCUT2D eigenvalue weighted by atomic mass is 16.2. The molecule has 0 saturated carbocycles. The lowest BCUT2D eigenvalue weighted by Gasteiger charge is -2.42. The van der Waals surface area contributed by atoms with Gasteiger partial charge in [-0.2, -0.15) is 0 Å². The van der Waals surface area contributed by atoms with Crippen LogP contribution in [0.3, 0.4) is 0 Å². The maximum atomic E-state index is 11.5. The zero-order chi connectivity index (χ0) is 10.1. The number of amides is 1. The molecule has 0 aliphatic carbocycles. The van der Waals surface area contributed by atoms with Crippen molar-refractivity contribution in [3.8, 4) is 0 Å². The Bertz CT molecular complexity index is 198. The fourth-order valence-electron chi connectivity index (χ4n) is 1.90. The van der Waals surface area contributed by atoms with Crippen molar-refractivity contribution in [3.63, 3.8) is 0 Å². The summed E-state index contributed by atoms with van der Waals surface area (Å²) in [6.07, 6.45) is 1.79. The van der Waals surface area contributed by atoms with Crippen molar-refractivity contribution >= 4 is 5.91 Å². The second-order valence-corrected chi connectivity index (χ2v) is 4.85. The Kier molecular flexibility index (Phi) is 2.99. The molecule has 1 aliphatic heterocycles. The molecule has 0 aromatic carbocycles. The molecule has 1 atom stereocenters. The van der Waals surface area contributed by atoms with Crippen LogP contribution >= 0.6 is 0 Å². The van der Waals surface area contributed by atoms with E-state index in [-0.39, 0.29) is 0 Å². The van der Waals surface area contributed by atoms with Crippen LogP contribution in [-0.4, -0.2) is 23.9 Å². The zero-order valence-electron chi connectivity index (χ0n) is 9.26. The number of nitrogens with zero attached hydrogens (tertiary/aromatic N) is 1. The van der Waals surface area contributed by atoms with Gasteiger partial charge in [-0.25, -0.2) is 0 Å². The van der Waals surface area contributed by atoms with E-state index in [2.05, 4.69) is 20.8 Å². The molecule has 1 amide bonds. The Morgan fingerprint density at radius 1 is 1.54 bits per heavy atom. The average molecular weight is 183 g/mol. The summed E-state index contributed by atoms with van der Waals surface area (Å²) >= 11 is 0. The normalized spacial score (nSPS) is 27.4. The molecule has 0 bridgehead atoms. The number of hydrogen-bond donors (Lipinski definition) is 0. The maximum absolute atomic E-state index is 11.5. The number of piperidine rings is 1. The summed E-state index contributed by atoms with van der Waals surface area (Å²) in [7, 11) is 0. The van der Waals surface area contributed by atoms with Crippen LogP contribution in [0.2, 0.25) is 0 Å². The summed E-state index contributed by atoms with van der Waals surface area (Å²) in [5, 5.41) is 0. The van der Waals surface area contributed by atoms with Gasteiger partial charge in [0.25, 0.3) is 0 Å². The molecular formula is C11H21NO. The van der Waals surface area contributed by atoms with Crippen molar-refractivity contribution < 1.29 is 4.79 Å². The van der Waals surface area contributed by atoms with Crippen LogP contribution < -0.4 is 0 Å². The van der Waals surface area contributed by atoms with Crippen molar-refractivity contribution in [3.05, 3.63) is 0 Å². The predicted molar refractivity (Wildman–Crippen MR) is 54.4 cm³/mol. The van der Waals surface area contributed by atoms with Gasteiger partial charge in [-0.3, -0.25) is 4.79 Å². The van der Waals surface area contributed by atoms with Gasteiger partial charge >= 0.3 is 0 Å². The maximum Gasteiger partial charge on any atom is 0.222 e. The van der Waals surface area contributed by atoms with Crippen LogP contribution in [0.1, 0.15) is 40.5 Å². The SMILES string of the molecule is CCC(=O)N1CCC(C)C(C)(C)C1. The van der Waals surface area contributed by atoms with Crippen molar-refractivity contribution in [1.29, 1.82) is 0 Å². The Labute approximate surface area is 81.3 Å². The zero-order valence-corrected chi connectivity index (χ0v) is 9.26. The third-order valence-corrected chi connectivity index (χ3v) is 3.42. The topological polar surface area (TPSA) is 20.3 Å². The number of likely N-dealkylation sites (tertiary alicyclic amines) is 1. The highest BCUT2D eigenvalue weighted by molar-refractivity contribution is 5.75. The molecule has 0 spiro atoms. The van der Waals surface area contributed by atoms with Gasteiger partial charge in [-0.1, -0.05) is 27.7 Å². The third-order valence-electron chi connectivity index (χ3n) is 3.42. The fourth-order valence-corrected chi connectivity index (χ4v) is 1.90. The number of carbonyl (C=O) groups is 1. The summed E-state index contributed by atoms with van der Waals surface area (Å²) in [5.41, 5.74) is 0.295. The monoisotopic (exact) mass is 183 g/mol. The van der Waals surface area contributed by atoms with E-state index < -0.39 is 0 Å². The minimum atomic E-state index is 0.295. The van der Waals surface area contributed by atoms with E-state index in [0.29, 0.717) is 17.7 Å². The Morgan fingerprint density at radius 3 is 2.62 bits per heavy atom. The highest BCUT2D eigenvalue weighted by Crippen LogP contribution is 2.34. The second kappa shape index (κ2) is 3.69. The third kappa shape index (κ3) is 2.23. The first-order chi connectivity index (χ1) is 5.97. The van der Waals surface area contributed by atoms with Gasteiger partial charge in [0.1, 0.15) is 0 Å². The quantitative estimate of drug-likeness (QED) is 0.611. The average Bonchev–Trinajstić information content (AvgIpc) is 2.08. The van der Waals surface area contributed by atoms with Gasteiger partial charge in [0.15, 0.2) is 0 Å².